The van der Waals surface area contributed by atoms with Gasteiger partial charge in [-0.2, -0.15) is 0 Å². The minimum atomic E-state index is -0.828. The standard InChI is InChI=1S/C15H14N2O2S2/c1-10-6-7-20-13(10)8-17-12-5-3-2-4-11(12)16-15(17)21-9-14(18)19/h2-7H,8-9H2,1H3,(H,18,19). The van der Waals surface area contributed by atoms with Gasteiger partial charge in [-0.25, -0.2) is 4.98 Å². The lowest BCUT2D eigenvalue weighted by Gasteiger charge is -2.07. The quantitative estimate of drug-likeness (QED) is 0.730. The second kappa shape index (κ2) is 5.91. The third-order valence-electron chi connectivity index (χ3n) is 3.21. The van der Waals surface area contributed by atoms with Gasteiger partial charge in [-0.1, -0.05) is 23.9 Å². The van der Waals surface area contributed by atoms with Gasteiger partial charge in [0, 0.05) is 4.88 Å². The van der Waals surface area contributed by atoms with Crippen molar-refractivity contribution in [3.05, 3.63) is 46.2 Å². The molecule has 3 rings (SSSR count). The molecule has 21 heavy (non-hydrogen) atoms. The first-order valence-electron chi connectivity index (χ1n) is 6.48. The zero-order chi connectivity index (χ0) is 14.8. The number of rotatable bonds is 5. The minimum Gasteiger partial charge on any atom is -0.481 e. The molecule has 1 N–H and O–H groups in total. The van der Waals surface area contributed by atoms with Crippen LogP contribution in [0.3, 0.4) is 0 Å². The molecule has 0 aliphatic carbocycles. The molecule has 2 aromatic heterocycles. The maximum absolute atomic E-state index is 10.8. The van der Waals surface area contributed by atoms with Crippen LogP contribution in [-0.2, 0) is 11.3 Å². The number of carbonyl (C=O) groups is 1. The van der Waals surface area contributed by atoms with Gasteiger partial charge in [-0.3, -0.25) is 4.79 Å². The van der Waals surface area contributed by atoms with Gasteiger partial charge in [0.1, 0.15) is 0 Å². The van der Waals surface area contributed by atoms with Crippen LogP contribution in [0.2, 0.25) is 0 Å². The van der Waals surface area contributed by atoms with Gasteiger partial charge in [0.25, 0.3) is 0 Å². The fourth-order valence-corrected chi connectivity index (χ4v) is 3.78. The third kappa shape index (κ3) is 2.96. The van der Waals surface area contributed by atoms with Crippen molar-refractivity contribution in [3.8, 4) is 0 Å². The van der Waals surface area contributed by atoms with Gasteiger partial charge in [0.2, 0.25) is 0 Å². The molecule has 6 heteroatoms. The summed E-state index contributed by atoms with van der Waals surface area (Å²) in [5.74, 6) is -0.807. The second-order valence-electron chi connectivity index (χ2n) is 4.68. The highest BCUT2D eigenvalue weighted by Crippen LogP contribution is 2.27. The van der Waals surface area contributed by atoms with Crippen molar-refractivity contribution in [1.82, 2.24) is 9.55 Å². The molecule has 0 atom stereocenters. The predicted molar refractivity (Wildman–Crippen MR) is 86.3 cm³/mol. The maximum Gasteiger partial charge on any atom is 0.313 e. The number of imidazole rings is 1. The summed E-state index contributed by atoms with van der Waals surface area (Å²) in [5, 5.41) is 11.7. The first-order chi connectivity index (χ1) is 10.1. The molecule has 0 fully saturated rings. The van der Waals surface area contributed by atoms with Crippen molar-refractivity contribution < 1.29 is 9.90 Å². The van der Waals surface area contributed by atoms with Crippen molar-refractivity contribution in [3.63, 3.8) is 0 Å². The number of hydrogen-bond acceptors (Lipinski definition) is 4. The maximum atomic E-state index is 10.8. The van der Waals surface area contributed by atoms with Crippen LogP contribution < -0.4 is 0 Å². The fraction of sp³-hybridized carbons (Fsp3) is 0.200. The summed E-state index contributed by atoms with van der Waals surface area (Å²) in [4.78, 5) is 16.6. The van der Waals surface area contributed by atoms with E-state index < -0.39 is 5.97 Å². The molecular weight excluding hydrogens is 304 g/mol. The van der Waals surface area contributed by atoms with Crippen LogP contribution in [-0.4, -0.2) is 26.4 Å². The van der Waals surface area contributed by atoms with E-state index in [0.717, 1.165) is 22.7 Å². The van der Waals surface area contributed by atoms with Crippen molar-refractivity contribution in [2.45, 2.75) is 18.6 Å². The zero-order valence-corrected chi connectivity index (χ0v) is 13.1. The normalized spacial score (nSPS) is 11.1. The van der Waals surface area contributed by atoms with Gasteiger partial charge in [-0.15, -0.1) is 11.3 Å². The Balaban J connectivity index is 2.02. The van der Waals surface area contributed by atoms with Gasteiger partial charge in [0.15, 0.2) is 5.16 Å². The summed E-state index contributed by atoms with van der Waals surface area (Å²) < 4.78 is 2.10. The first kappa shape index (κ1) is 14.2. The molecule has 2 heterocycles. The number of fused-ring (bicyclic) bond motifs is 1. The number of carboxylic acids is 1. The number of benzene rings is 1. The second-order valence-corrected chi connectivity index (χ2v) is 6.62. The van der Waals surface area contributed by atoms with Crippen LogP contribution in [0.25, 0.3) is 11.0 Å². The van der Waals surface area contributed by atoms with E-state index in [0.29, 0.717) is 0 Å². The molecule has 0 saturated carbocycles. The predicted octanol–water partition coefficient (Wildman–Crippen LogP) is 3.63. The van der Waals surface area contributed by atoms with E-state index in [1.54, 1.807) is 11.3 Å². The van der Waals surface area contributed by atoms with E-state index in [2.05, 4.69) is 27.9 Å². The average Bonchev–Trinajstić information content (AvgIpc) is 3.02. The Kier molecular flexibility index (Phi) is 3.98. The van der Waals surface area contributed by atoms with Crippen LogP contribution in [0.4, 0.5) is 0 Å². The molecule has 1 aromatic carbocycles. The molecular formula is C15H14N2O2S2. The van der Waals surface area contributed by atoms with Crippen molar-refractivity contribution in [1.29, 1.82) is 0 Å². The molecule has 0 aliphatic rings. The SMILES string of the molecule is Cc1ccsc1Cn1c(SCC(=O)O)nc2ccccc21. The molecule has 3 aromatic rings. The molecule has 0 aliphatic heterocycles. The molecule has 108 valence electrons. The Morgan fingerprint density at radius 2 is 2.19 bits per heavy atom. The van der Waals surface area contributed by atoms with Gasteiger partial charge in [0.05, 0.1) is 23.3 Å². The number of aliphatic carboxylic acids is 1. The van der Waals surface area contributed by atoms with Gasteiger partial charge >= 0.3 is 5.97 Å². The van der Waals surface area contributed by atoms with Gasteiger partial charge < -0.3 is 9.67 Å². The van der Waals surface area contributed by atoms with E-state index in [4.69, 9.17) is 5.11 Å². The number of carboxylic acid groups (broad SMARTS) is 1. The highest BCUT2D eigenvalue weighted by Gasteiger charge is 2.14. The number of thioether (sulfide) groups is 1. The monoisotopic (exact) mass is 318 g/mol. The van der Waals surface area contributed by atoms with Crippen LogP contribution in [0.1, 0.15) is 10.4 Å². The smallest absolute Gasteiger partial charge is 0.313 e. The number of thiophene rings is 1. The number of para-hydroxylation sites is 2. The largest absolute Gasteiger partial charge is 0.481 e. The molecule has 0 unspecified atom stereocenters. The Labute approximate surface area is 130 Å². The summed E-state index contributed by atoms with van der Waals surface area (Å²) in [7, 11) is 0. The number of aromatic nitrogens is 2. The van der Waals surface area contributed by atoms with E-state index >= 15 is 0 Å². The molecule has 0 amide bonds. The summed E-state index contributed by atoms with van der Waals surface area (Å²) in [6.45, 7) is 2.82. The summed E-state index contributed by atoms with van der Waals surface area (Å²) in [6.07, 6.45) is 0. The van der Waals surface area contributed by atoms with Gasteiger partial charge in [-0.05, 0) is 36.1 Å². The lowest BCUT2D eigenvalue weighted by Crippen LogP contribution is -2.04. The van der Waals surface area contributed by atoms with Crippen LogP contribution in [0.15, 0.2) is 40.9 Å². The summed E-state index contributed by atoms with van der Waals surface area (Å²) >= 11 is 2.98. The number of hydrogen-bond donors (Lipinski definition) is 1. The average molecular weight is 318 g/mol. The van der Waals surface area contributed by atoms with Crippen LogP contribution in [0, 0.1) is 6.92 Å². The van der Waals surface area contributed by atoms with Crippen molar-refractivity contribution in [2.24, 2.45) is 0 Å². The highest BCUT2D eigenvalue weighted by molar-refractivity contribution is 7.99. The lowest BCUT2D eigenvalue weighted by atomic mass is 10.3. The highest BCUT2D eigenvalue weighted by atomic mass is 32.2. The lowest BCUT2D eigenvalue weighted by molar-refractivity contribution is -0.133. The number of aryl methyl sites for hydroxylation is 1. The topological polar surface area (TPSA) is 55.1 Å². The van der Waals surface area contributed by atoms with Crippen LogP contribution in [0.5, 0.6) is 0 Å². The Bertz CT molecular complexity index is 792. The number of nitrogens with zero attached hydrogens (tertiary/aromatic N) is 2. The van der Waals surface area contributed by atoms with E-state index in [1.807, 2.05) is 24.3 Å². The zero-order valence-electron chi connectivity index (χ0n) is 11.4. The Hall–Kier alpha value is -1.79. The molecule has 0 bridgehead atoms. The van der Waals surface area contributed by atoms with E-state index in [1.165, 1.54) is 22.2 Å². The molecule has 0 radical (unpaired) electrons. The molecule has 0 spiro atoms. The first-order valence-corrected chi connectivity index (χ1v) is 8.34. The fourth-order valence-electron chi connectivity index (χ4n) is 2.15. The van der Waals surface area contributed by atoms with Crippen molar-refractivity contribution >= 4 is 40.1 Å². The Morgan fingerprint density at radius 1 is 1.38 bits per heavy atom. The Morgan fingerprint density at radius 3 is 2.90 bits per heavy atom. The van der Waals surface area contributed by atoms with Crippen molar-refractivity contribution in [2.75, 3.05) is 5.75 Å². The summed E-state index contributed by atoms with van der Waals surface area (Å²) in [5.41, 5.74) is 3.20. The third-order valence-corrected chi connectivity index (χ3v) is 5.18. The van der Waals surface area contributed by atoms with Crippen LogP contribution >= 0.6 is 23.1 Å². The van der Waals surface area contributed by atoms with E-state index in [-0.39, 0.29) is 5.75 Å². The molecule has 0 saturated heterocycles. The van der Waals surface area contributed by atoms with E-state index in [9.17, 15) is 4.79 Å². The molecule has 4 nitrogen and oxygen atoms in total. The minimum absolute atomic E-state index is 0.0206. The summed E-state index contributed by atoms with van der Waals surface area (Å²) in [6, 6.07) is 10.0.